The van der Waals surface area contributed by atoms with Gasteiger partial charge in [-0.05, 0) is 24.5 Å². The predicted octanol–water partition coefficient (Wildman–Crippen LogP) is 4.29. The molecule has 0 bridgehead atoms. The van der Waals surface area contributed by atoms with Gasteiger partial charge < -0.3 is 5.32 Å². The largest absolute Gasteiger partial charge is 0.370 e. The van der Waals surface area contributed by atoms with Gasteiger partial charge in [-0.15, -0.1) is 0 Å². The normalized spacial score (nSPS) is 10.9. The number of rotatable bonds is 5. The monoisotopic (exact) mass is 264 g/mol. The second-order valence-corrected chi connectivity index (χ2v) is 4.63. The Bertz CT molecular complexity index is 582. The number of aromatic nitrogens is 1. The molecular weight excluding hydrogens is 246 g/mol. The summed E-state index contributed by atoms with van der Waals surface area (Å²) >= 11 is 0. The third-order valence-corrected chi connectivity index (χ3v) is 2.99. The number of halogens is 2. The highest BCUT2D eigenvalue weighted by atomic mass is 19.1. The molecule has 0 spiro atoms. The molecule has 1 aromatic heterocycles. The van der Waals surface area contributed by atoms with Crippen molar-refractivity contribution >= 4 is 16.7 Å². The quantitative estimate of drug-likeness (QED) is 0.871. The van der Waals surface area contributed by atoms with Gasteiger partial charge in [-0.1, -0.05) is 20.3 Å². The molecule has 0 atom stereocenters. The molecule has 0 saturated carbocycles. The van der Waals surface area contributed by atoms with Crippen molar-refractivity contribution in [3.63, 3.8) is 0 Å². The maximum absolute atomic E-state index is 13.8. The lowest BCUT2D eigenvalue weighted by atomic mass is 10.1. The standard InChI is InChI=1S/C15H18F2N2/c1-3-5-10-7-12-13(17)8-11(16)9-14(12)19-15(10)18-6-4-2/h7-9H,3-6H2,1-2H3,(H,18,19). The molecule has 19 heavy (non-hydrogen) atoms. The minimum Gasteiger partial charge on any atom is -0.370 e. The van der Waals surface area contributed by atoms with Gasteiger partial charge in [-0.25, -0.2) is 13.8 Å². The molecule has 4 heteroatoms. The molecule has 0 unspecified atom stereocenters. The Labute approximate surface area is 111 Å². The zero-order chi connectivity index (χ0) is 13.8. The van der Waals surface area contributed by atoms with Crippen LogP contribution in [0.5, 0.6) is 0 Å². The fourth-order valence-electron chi connectivity index (χ4n) is 2.10. The van der Waals surface area contributed by atoms with Crippen molar-refractivity contribution in [1.82, 2.24) is 4.98 Å². The molecule has 0 aliphatic carbocycles. The van der Waals surface area contributed by atoms with Crippen molar-refractivity contribution in [3.8, 4) is 0 Å². The number of benzene rings is 1. The van der Waals surface area contributed by atoms with Gasteiger partial charge in [-0.2, -0.15) is 0 Å². The molecule has 0 radical (unpaired) electrons. The van der Waals surface area contributed by atoms with Crippen LogP contribution in [0.3, 0.4) is 0 Å². The van der Waals surface area contributed by atoms with E-state index < -0.39 is 11.6 Å². The highest BCUT2D eigenvalue weighted by Gasteiger charge is 2.10. The third kappa shape index (κ3) is 3.00. The van der Waals surface area contributed by atoms with E-state index in [0.29, 0.717) is 10.9 Å². The molecule has 2 rings (SSSR count). The van der Waals surface area contributed by atoms with Crippen LogP contribution in [0.25, 0.3) is 10.9 Å². The number of aryl methyl sites for hydroxylation is 1. The SMILES string of the molecule is CCCNc1nc2cc(F)cc(F)c2cc1CCC. The van der Waals surface area contributed by atoms with Crippen molar-refractivity contribution in [2.75, 3.05) is 11.9 Å². The van der Waals surface area contributed by atoms with Crippen LogP contribution in [-0.4, -0.2) is 11.5 Å². The second kappa shape index (κ2) is 5.95. The summed E-state index contributed by atoms with van der Waals surface area (Å²) in [6.45, 7) is 4.93. The highest BCUT2D eigenvalue weighted by Crippen LogP contribution is 2.25. The summed E-state index contributed by atoms with van der Waals surface area (Å²) in [5.41, 5.74) is 1.34. The van der Waals surface area contributed by atoms with E-state index in [9.17, 15) is 8.78 Å². The number of hydrogen-bond donors (Lipinski definition) is 1. The van der Waals surface area contributed by atoms with Gasteiger partial charge in [0.15, 0.2) is 0 Å². The minimum absolute atomic E-state index is 0.357. The topological polar surface area (TPSA) is 24.9 Å². The van der Waals surface area contributed by atoms with Gasteiger partial charge in [0.25, 0.3) is 0 Å². The van der Waals surface area contributed by atoms with Crippen molar-refractivity contribution in [2.45, 2.75) is 33.1 Å². The fraction of sp³-hybridized carbons (Fsp3) is 0.400. The fourth-order valence-corrected chi connectivity index (χ4v) is 2.10. The van der Waals surface area contributed by atoms with Crippen LogP contribution in [0.2, 0.25) is 0 Å². The predicted molar refractivity (Wildman–Crippen MR) is 74.4 cm³/mol. The first-order chi connectivity index (χ1) is 9.15. The maximum Gasteiger partial charge on any atom is 0.135 e. The van der Waals surface area contributed by atoms with E-state index in [1.54, 1.807) is 6.07 Å². The summed E-state index contributed by atoms with van der Waals surface area (Å²) in [6.07, 6.45) is 2.76. The van der Waals surface area contributed by atoms with Crippen LogP contribution in [-0.2, 0) is 6.42 Å². The number of nitrogens with one attached hydrogen (secondary N) is 1. The van der Waals surface area contributed by atoms with Crippen molar-refractivity contribution in [1.29, 1.82) is 0 Å². The molecule has 0 amide bonds. The highest BCUT2D eigenvalue weighted by molar-refractivity contribution is 5.82. The average Bonchev–Trinajstić information content (AvgIpc) is 2.37. The van der Waals surface area contributed by atoms with E-state index in [0.717, 1.165) is 43.3 Å². The Morgan fingerprint density at radius 1 is 1.11 bits per heavy atom. The molecule has 0 fully saturated rings. The van der Waals surface area contributed by atoms with Gasteiger partial charge in [0.1, 0.15) is 17.5 Å². The minimum atomic E-state index is -0.595. The van der Waals surface area contributed by atoms with Crippen LogP contribution in [0.4, 0.5) is 14.6 Å². The van der Waals surface area contributed by atoms with E-state index in [2.05, 4.69) is 24.1 Å². The smallest absolute Gasteiger partial charge is 0.135 e. The average molecular weight is 264 g/mol. The van der Waals surface area contributed by atoms with Gasteiger partial charge in [-0.3, -0.25) is 0 Å². The van der Waals surface area contributed by atoms with Crippen LogP contribution < -0.4 is 5.32 Å². The van der Waals surface area contributed by atoms with Gasteiger partial charge in [0, 0.05) is 24.1 Å². The molecule has 1 aromatic carbocycles. The number of anilines is 1. The second-order valence-electron chi connectivity index (χ2n) is 4.63. The van der Waals surface area contributed by atoms with E-state index in [1.165, 1.54) is 6.07 Å². The number of pyridine rings is 1. The Morgan fingerprint density at radius 2 is 1.89 bits per heavy atom. The van der Waals surface area contributed by atoms with Crippen molar-refractivity contribution in [3.05, 3.63) is 35.4 Å². The first-order valence-electron chi connectivity index (χ1n) is 6.68. The molecule has 102 valence electrons. The summed E-state index contributed by atoms with van der Waals surface area (Å²) in [7, 11) is 0. The van der Waals surface area contributed by atoms with E-state index in [1.807, 2.05) is 0 Å². The first kappa shape index (κ1) is 13.7. The van der Waals surface area contributed by atoms with Gasteiger partial charge in [0.2, 0.25) is 0 Å². The summed E-state index contributed by atoms with van der Waals surface area (Å²) in [6, 6.07) is 3.95. The molecule has 1 N–H and O–H groups in total. The van der Waals surface area contributed by atoms with Crippen LogP contribution in [0, 0.1) is 11.6 Å². The Balaban J connectivity index is 2.55. The zero-order valence-corrected chi connectivity index (χ0v) is 11.3. The van der Waals surface area contributed by atoms with E-state index >= 15 is 0 Å². The van der Waals surface area contributed by atoms with Crippen molar-refractivity contribution < 1.29 is 8.78 Å². The summed E-state index contributed by atoms with van der Waals surface area (Å²) in [4.78, 5) is 4.36. The van der Waals surface area contributed by atoms with Crippen LogP contribution in [0.1, 0.15) is 32.3 Å². The molecule has 0 aliphatic rings. The maximum atomic E-state index is 13.8. The van der Waals surface area contributed by atoms with Crippen molar-refractivity contribution in [2.24, 2.45) is 0 Å². The van der Waals surface area contributed by atoms with E-state index in [-0.39, 0.29) is 0 Å². The van der Waals surface area contributed by atoms with Crippen LogP contribution >= 0.6 is 0 Å². The third-order valence-electron chi connectivity index (χ3n) is 2.99. The summed E-state index contributed by atoms with van der Waals surface area (Å²) < 4.78 is 27.0. The zero-order valence-electron chi connectivity index (χ0n) is 11.3. The lowest BCUT2D eigenvalue weighted by Gasteiger charge is -2.12. The van der Waals surface area contributed by atoms with Gasteiger partial charge >= 0.3 is 0 Å². The number of fused-ring (bicyclic) bond motifs is 1. The molecule has 0 aliphatic heterocycles. The molecule has 2 aromatic rings. The lowest BCUT2D eigenvalue weighted by molar-refractivity contribution is 0.591. The molecule has 2 nitrogen and oxygen atoms in total. The summed E-state index contributed by atoms with van der Waals surface area (Å²) in [5, 5.41) is 3.60. The first-order valence-corrected chi connectivity index (χ1v) is 6.68. The summed E-state index contributed by atoms with van der Waals surface area (Å²) in [5.74, 6) is -0.412. The Morgan fingerprint density at radius 3 is 2.58 bits per heavy atom. The molecule has 1 heterocycles. The van der Waals surface area contributed by atoms with E-state index in [4.69, 9.17) is 0 Å². The molecular formula is C15H18F2N2. The number of hydrogen-bond acceptors (Lipinski definition) is 2. The molecule has 0 saturated heterocycles. The lowest BCUT2D eigenvalue weighted by Crippen LogP contribution is -2.06. The van der Waals surface area contributed by atoms with Gasteiger partial charge in [0.05, 0.1) is 5.52 Å². The number of nitrogens with zero attached hydrogens (tertiary/aromatic N) is 1. The van der Waals surface area contributed by atoms with Crippen LogP contribution in [0.15, 0.2) is 18.2 Å². The Hall–Kier alpha value is -1.71. The Kier molecular flexibility index (Phi) is 4.30.